The molecule has 0 saturated heterocycles. The number of hydrogen-bond donors (Lipinski definition) is 1. The highest BCUT2D eigenvalue weighted by Crippen LogP contribution is 2.52. The van der Waals surface area contributed by atoms with Gasteiger partial charge >= 0.3 is 0 Å². The predicted molar refractivity (Wildman–Crippen MR) is 133 cm³/mol. The second kappa shape index (κ2) is 6.68. The fourth-order valence-corrected chi connectivity index (χ4v) is 5.45. The van der Waals surface area contributed by atoms with Crippen molar-refractivity contribution in [2.24, 2.45) is 0 Å². The average molecular weight is 424 g/mol. The Labute approximate surface area is 191 Å². The largest absolute Gasteiger partial charge is 0.456 e. The van der Waals surface area contributed by atoms with E-state index in [0.29, 0.717) is 0 Å². The van der Waals surface area contributed by atoms with Crippen molar-refractivity contribution in [3.63, 3.8) is 0 Å². The van der Waals surface area contributed by atoms with Crippen molar-refractivity contribution in [2.45, 2.75) is 5.60 Å². The van der Waals surface area contributed by atoms with Crippen LogP contribution >= 0.6 is 0 Å². The van der Waals surface area contributed by atoms with Gasteiger partial charge in [0, 0.05) is 27.5 Å². The summed E-state index contributed by atoms with van der Waals surface area (Å²) in [4.78, 5) is 0. The lowest BCUT2D eigenvalue weighted by Crippen LogP contribution is -2.27. The van der Waals surface area contributed by atoms with E-state index >= 15 is 0 Å². The first-order valence-corrected chi connectivity index (χ1v) is 11.2. The van der Waals surface area contributed by atoms with E-state index in [0.717, 1.165) is 60.9 Å². The molecule has 33 heavy (non-hydrogen) atoms. The highest BCUT2D eigenvalue weighted by molar-refractivity contribution is 6.06. The molecule has 0 radical (unpaired) electrons. The molecule has 1 aliphatic rings. The number of hydrogen-bond acceptors (Lipinski definition) is 2. The summed E-state index contributed by atoms with van der Waals surface area (Å²) < 4.78 is 6.16. The first-order chi connectivity index (χ1) is 16.2. The van der Waals surface area contributed by atoms with E-state index in [4.69, 9.17) is 4.42 Å². The van der Waals surface area contributed by atoms with Crippen LogP contribution in [0.5, 0.6) is 0 Å². The molecule has 1 heterocycles. The second-order valence-electron chi connectivity index (χ2n) is 8.66. The van der Waals surface area contributed by atoms with Crippen LogP contribution in [-0.4, -0.2) is 5.11 Å². The average Bonchev–Trinajstić information content (AvgIpc) is 3.38. The zero-order valence-electron chi connectivity index (χ0n) is 17.8. The summed E-state index contributed by atoms with van der Waals surface area (Å²) in [5, 5.41) is 14.6. The Morgan fingerprint density at radius 1 is 0.485 bits per heavy atom. The van der Waals surface area contributed by atoms with E-state index in [9.17, 15) is 5.11 Å². The van der Waals surface area contributed by atoms with Gasteiger partial charge in [-0.25, -0.2) is 0 Å². The lowest BCUT2D eigenvalue weighted by Gasteiger charge is -2.29. The van der Waals surface area contributed by atoms with E-state index in [1.807, 2.05) is 72.8 Å². The fraction of sp³-hybridized carbons (Fsp3) is 0.0323. The number of fused-ring (bicyclic) bond motifs is 6. The quantitative estimate of drug-likeness (QED) is 0.312. The minimum Gasteiger partial charge on any atom is -0.456 e. The van der Waals surface area contributed by atoms with Crippen molar-refractivity contribution in [3.05, 3.63) is 132 Å². The molecule has 7 rings (SSSR count). The van der Waals surface area contributed by atoms with Crippen LogP contribution in [0, 0.1) is 0 Å². The molecule has 0 saturated carbocycles. The van der Waals surface area contributed by atoms with Gasteiger partial charge in [0.25, 0.3) is 0 Å². The summed E-state index contributed by atoms with van der Waals surface area (Å²) >= 11 is 0. The molecule has 6 aromatic rings. The third-order valence-electron chi connectivity index (χ3n) is 6.93. The molecule has 0 atom stereocenters. The first-order valence-electron chi connectivity index (χ1n) is 11.2. The summed E-state index contributed by atoms with van der Waals surface area (Å²) in [7, 11) is 0. The van der Waals surface area contributed by atoms with Crippen LogP contribution in [-0.2, 0) is 5.60 Å². The van der Waals surface area contributed by atoms with Crippen LogP contribution in [0.3, 0.4) is 0 Å². The maximum absolute atomic E-state index is 12.4. The zero-order valence-corrected chi connectivity index (χ0v) is 17.8. The van der Waals surface area contributed by atoms with Gasteiger partial charge < -0.3 is 9.52 Å². The van der Waals surface area contributed by atoms with Crippen molar-refractivity contribution in [2.75, 3.05) is 0 Å². The number of benzene rings is 5. The van der Waals surface area contributed by atoms with E-state index in [1.54, 1.807) is 0 Å². The van der Waals surface area contributed by atoms with Crippen LogP contribution in [0.25, 0.3) is 44.2 Å². The molecule has 0 fully saturated rings. The van der Waals surface area contributed by atoms with E-state index in [2.05, 4.69) is 42.5 Å². The fourth-order valence-electron chi connectivity index (χ4n) is 5.45. The van der Waals surface area contributed by atoms with E-state index in [-0.39, 0.29) is 0 Å². The summed E-state index contributed by atoms with van der Waals surface area (Å²) in [5.41, 5.74) is 7.40. The van der Waals surface area contributed by atoms with E-state index < -0.39 is 5.60 Å². The van der Waals surface area contributed by atoms with Gasteiger partial charge in [0.15, 0.2) is 0 Å². The minimum atomic E-state index is -1.23. The Morgan fingerprint density at radius 2 is 1.00 bits per heavy atom. The Balaban J connectivity index is 1.49. The van der Waals surface area contributed by atoms with Crippen molar-refractivity contribution >= 4 is 21.9 Å². The third kappa shape index (κ3) is 2.47. The molecule has 0 spiro atoms. The lowest BCUT2D eigenvalue weighted by molar-refractivity contribution is 0.131. The number of para-hydroxylation sites is 1. The van der Waals surface area contributed by atoms with Gasteiger partial charge in [-0.2, -0.15) is 0 Å². The topological polar surface area (TPSA) is 33.4 Å². The molecule has 1 N–H and O–H groups in total. The summed E-state index contributed by atoms with van der Waals surface area (Å²) in [6, 6.07) is 38.9. The van der Waals surface area contributed by atoms with Gasteiger partial charge in [0.1, 0.15) is 16.8 Å². The van der Waals surface area contributed by atoms with Crippen LogP contribution in [0.15, 0.2) is 120 Å². The van der Waals surface area contributed by atoms with Gasteiger partial charge in [-0.15, -0.1) is 0 Å². The molecular formula is C31H20O2. The van der Waals surface area contributed by atoms with Gasteiger partial charge in [-0.05, 0) is 40.5 Å². The highest BCUT2D eigenvalue weighted by Gasteiger charge is 2.44. The summed E-state index contributed by atoms with van der Waals surface area (Å²) in [6.07, 6.45) is 0. The van der Waals surface area contributed by atoms with Crippen molar-refractivity contribution in [3.8, 4) is 22.3 Å². The molecule has 2 heteroatoms. The molecule has 0 amide bonds. The van der Waals surface area contributed by atoms with Crippen LogP contribution in [0.1, 0.15) is 16.7 Å². The molecule has 1 aliphatic carbocycles. The third-order valence-corrected chi connectivity index (χ3v) is 6.93. The Kier molecular flexibility index (Phi) is 3.73. The standard InChI is InChI=1S/C31H20O2/c32-31(27-14-6-2-10-22(27)23-11-3-7-15-28(23)31)26-13-5-1-9-21(26)20-17-18-25-24-12-4-8-16-29(24)33-30(25)19-20/h1-19,32H. The summed E-state index contributed by atoms with van der Waals surface area (Å²) in [5.74, 6) is 0. The Hall–Kier alpha value is -4.14. The van der Waals surface area contributed by atoms with Crippen molar-refractivity contribution < 1.29 is 9.52 Å². The maximum Gasteiger partial charge on any atom is 0.142 e. The molecule has 2 nitrogen and oxygen atoms in total. The zero-order chi connectivity index (χ0) is 22.0. The van der Waals surface area contributed by atoms with Gasteiger partial charge in [-0.1, -0.05) is 97.1 Å². The van der Waals surface area contributed by atoms with E-state index in [1.165, 1.54) is 0 Å². The molecule has 0 aliphatic heterocycles. The SMILES string of the molecule is OC1(c2ccccc2-c2ccc3c(c2)oc2ccccc23)c2ccccc2-c2ccccc21. The van der Waals surface area contributed by atoms with Gasteiger partial charge in [-0.3, -0.25) is 0 Å². The lowest BCUT2D eigenvalue weighted by atomic mass is 9.80. The Bertz CT molecular complexity index is 1640. The van der Waals surface area contributed by atoms with Crippen molar-refractivity contribution in [1.29, 1.82) is 0 Å². The normalized spacial score (nSPS) is 13.8. The highest BCUT2D eigenvalue weighted by atomic mass is 16.3. The molecule has 1 aromatic heterocycles. The number of furan rings is 1. The molecule has 156 valence electrons. The van der Waals surface area contributed by atoms with Crippen LogP contribution in [0.2, 0.25) is 0 Å². The second-order valence-corrected chi connectivity index (χ2v) is 8.66. The number of aliphatic hydroxyl groups is 1. The van der Waals surface area contributed by atoms with Crippen LogP contribution in [0.4, 0.5) is 0 Å². The Morgan fingerprint density at radius 3 is 1.70 bits per heavy atom. The molecule has 0 unspecified atom stereocenters. The molecule has 5 aromatic carbocycles. The monoisotopic (exact) mass is 424 g/mol. The minimum absolute atomic E-state index is 0.850. The summed E-state index contributed by atoms with van der Waals surface area (Å²) in [6.45, 7) is 0. The van der Waals surface area contributed by atoms with Gasteiger partial charge in [0.05, 0.1) is 0 Å². The predicted octanol–water partition coefficient (Wildman–Crippen LogP) is 7.52. The smallest absolute Gasteiger partial charge is 0.142 e. The number of rotatable bonds is 2. The first kappa shape index (κ1) is 18.4. The molecular weight excluding hydrogens is 404 g/mol. The van der Waals surface area contributed by atoms with Gasteiger partial charge in [0.2, 0.25) is 0 Å². The van der Waals surface area contributed by atoms with Crippen LogP contribution < -0.4 is 0 Å². The molecule has 0 bridgehead atoms. The maximum atomic E-state index is 12.4. The van der Waals surface area contributed by atoms with Crippen molar-refractivity contribution in [1.82, 2.24) is 0 Å².